The summed E-state index contributed by atoms with van der Waals surface area (Å²) in [6.07, 6.45) is 0.412. The van der Waals surface area contributed by atoms with Crippen LogP contribution in [0.25, 0.3) is 0 Å². The van der Waals surface area contributed by atoms with Gasteiger partial charge in [-0.3, -0.25) is 29.3 Å². The molecule has 0 saturated carbocycles. The number of methoxy groups -OCH3 is 1. The summed E-state index contributed by atoms with van der Waals surface area (Å²) in [5.74, 6) is -1.56. The molecule has 10 nitrogen and oxygen atoms in total. The maximum atomic E-state index is 12.9. The molecule has 0 spiro atoms. The number of carbonyl (C=O) groups excluding carboxylic acids is 5. The Morgan fingerprint density at radius 3 is 2.70 bits per heavy atom. The minimum absolute atomic E-state index is 0.132. The van der Waals surface area contributed by atoms with Gasteiger partial charge in [0.05, 0.1) is 13.7 Å². The van der Waals surface area contributed by atoms with Crippen LogP contribution in [0.1, 0.15) is 39.1 Å². The van der Waals surface area contributed by atoms with Crippen molar-refractivity contribution in [3.8, 4) is 5.75 Å². The van der Waals surface area contributed by atoms with Gasteiger partial charge in [0.1, 0.15) is 11.8 Å². The van der Waals surface area contributed by atoms with Crippen LogP contribution in [0, 0.1) is 0 Å². The fourth-order valence-corrected chi connectivity index (χ4v) is 3.92. The monoisotopic (exact) mass is 450 g/mol. The van der Waals surface area contributed by atoms with Gasteiger partial charge < -0.3 is 20.3 Å². The van der Waals surface area contributed by atoms with Gasteiger partial charge in [-0.1, -0.05) is 12.1 Å². The van der Waals surface area contributed by atoms with Crippen molar-refractivity contribution in [2.45, 2.75) is 25.4 Å². The van der Waals surface area contributed by atoms with Crippen LogP contribution >= 0.6 is 0 Å². The normalized spacial score (nSPS) is 17.3. The van der Waals surface area contributed by atoms with Crippen LogP contribution in [-0.4, -0.2) is 54.1 Å². The number of fused-ring (bicyclic) bond motifs is 1. The minimum Gasteiger partial charge on any atom is -0.497 e. The molecule has 0 aliphatic carbocycles. The second kappa shape index (κ2) is 9.11. The number of hydrogen-bond donors (Lipinski definition) is 3. The van der Waals surface area contributed by atoms with Crippen molar-refractivity contribution in [2.24, 2.45) is 0 Å². The van der Waals surface area contributed by atoms with Gasteiger partial charge in [0.2, 0.25) is 17.7 Å². The van der Waals surface area contributed by atoms with E-state index < -0.39 is 23.8 Å². The lowest BCUT2D eigenvalue weighted by molar-refractivity contribution is -0.137. The number of ether oxygens (including phenoxy) is 1. The second-order valence-corrected chi connectivity index (χ2v) is 7.69. The van der Waals surface area contributed by atoms with Crippen molar-refractivity contribution in [1.82, 2.24) is 15.5 Å². The van der Waals surface area contributed by atoms with Gasteiger partial charge in [-0.15, -0.1) is 0 Å². The van der Waals surface area contributed by atoms with Gasteiger partial charge in [0.15, 0.2) is 0 Å². The lowest BCUT2D eigenvalue weighted by Crippen LogP contribution is -2.52. The third-order valence-corrected chi connectivity index (χ3v) is 5.60. The summed E-state index contributed by atoms with van der Waals surface area (Å²) in [5.41, 5.74) is 1.75. The molecule has 0 radical (unpaired) electrons. The number of nitrogens with one attached hydrogen (secondary N) is 3. The molecule has 1 atom stereocenters. The van der Waals surface area contributed by atoms with Crippen LogP contribution in [-0.2, 0) is 20.9 Å². The van der Waals surface area contributed by atoms with Crippen molar-refractivity contribution in [3.63, 3.8) is 0 Å². The van der Waals surface area contributed by atoms with Crippen molar-refractivity contribution in [2.75, 3.05) is 19.0 Å². The highest BCUT2D eigenvalue weighted by Gasteiger charge is 2.39. The fraction of sp³-hybridized carbons (Fsp3) is 0.261. The number of hydrogen-bond acceptors (Lipinski definition) is 6. The van der Waals surface area contributed by atoms with Crippen LogP contribution in [0.2, 0.25) is 0 Å². The van der Waals surface area contributed by atoms with Gasteiger partial charge in [0, 0.05) is 35.3 Å². The van der Waals surface area contributed by atoms with Crippen LogP contribution in [0.15, 0.2) is 42.5 Å². The molecule has 2 aromatic rings. The van der Waals surface area contributed by atoms with Crippen molar-refractivity contribution in [3.05, 3.63) is 59.2 Å². The molecule has 10 heteroatoms. The predicted octanol–water partition coefficient (Wildman–Crippen LogP) is 0.825. The van der Waals surface area contributed by atoms with Crippen LogP contribution < -0.4 is 20.7 Å². The number of carbonyl (C=O) groups is 5. The van der Waals surface area contributed by atoms with E-state index >= 15 is 0 Å². The summed E-state index contributed by atoms with van der Waals surface area (Å²) in [4.78, 5) is 62.7. The number of anilines is 1. The SMILES string of the molecule is COc1cccc(C(=O)NCC(=O)Nc2cccc3c2CN(C2CCC(=O)NC2=O)C3=O)c1. The first-order valence-corrected chi connectivity index (χ1v) is 10.4. The Kier molecular flexibility index (Phi) is 6.07. The van der Waals surface area contributed by atoms with Gasteiger partial charge in [-0.2, -0.15) is 0 Å². The Bertz CT molecular complexity index is 1160. The second-order valence-electron chi connectivity index (χ2n) is 7.69. The molecular weight excluding hydrogens is 428 g/mol. The lowest BCUT2D eigenvalue weighted by Gasteiger charge is -2.29. The maximum absolute atomic E-state index is 12.9. The van der Waals surface area contributed by atoms with E-state index in [1.165, 1.54) is 12.0 Å². The highest BCUT2D eigenvalue weighted by Crippen LogP contribution is 2.32. The van der Waals surface area contributed by atoms with Crippen LogP contribution in [0.3, 0.4) is 0 Å². The van der Waals surface area contributed by atoms with E-state index in [0.717, 1.165) is 0 Å². The average Bonchev–Trinajstić information content (AvgIpc) is 3.15. The number of amides is 5. The zero-order valence-corrected chi connectivity index (χ0v) is 17.8. The van der Waals surface area contributed by atoms with E-state index in [2.05, 4.69) is 16.0 Å². The molecule has 33 heavy (non-hydrogen) atoms. The molecule has 5 amide bonds. The first-order valence-electron chi connectivity index (χ1n) is 10.4. The first kappa shape index (κ1) is 22.0. The summed E-state index contributed by atoms with van der Waals surface area (Å²) in [6.45, 7) is -0.141. The van der Waals surface area contributed by atoms with Crippen molar-refractivity contribution < 1.29 is 28.7 Å². The van der Waals surface area contributed by atoms with E-state index in [-0.39, 0.29) is 37.7 Å². The Labute approximate surface area is 189 Å². The quantitative estimate of drug-likeness (QED) is 0.558. The molecule has 2 aliphatic heterocycles. The van der Waals surface area contributed by atoms with Gasteiger partial charge in [-0.25, -0.2) is 0 Å². The third kappa shape index (κ3) is 4.54. The third-order valence-electron chi connectivity index (χ3n) is 5.60. The average molecular weight is 450 g/mol. The van der Waals surface area contributed by atoms with Crippen molar-refractivity contribution >= 4 is 35.2 Å². The minimum atomic E-state index is -0.742. The summed E-state index contributed by atoms with van der Waals surface area (Å²) in [6, 6.07) is 10.7. The molecule has 0 bridgehead atoms. The Morgan fingerprint density at radius 1 is 1.15 bits per heavy atom. The van der Waals surface area contributed by atoms with Gasteiger partial charge in [-0.05, 0) is 36.8 Å². The van der Waals surface area contributed by atoms with Crippen LogP contribution in [0.5, 0.6) is 5.75 Å². The molecule has 0 aromatic heterocycles. The molecule has 1 fully saturated rings. The number of benzene rings is 2. The Balaban J connectivity index is 1.41. The van der Waals surface area contributed by atoms with E-state index in [1.807, 2.05) is 0 Å². The number of imide groups is 1. The molecule has 2 heterocycles. The number of piperidine rings is 1. The molecule has 2 aliphatic rings. The largest absolute Gasteiger partial charge is 0.497 e. The highest BCUT2D eigenvalue weighted by atomic mass is 16.5. The van der Waals surface area contributed by atoms with E-state index in [4.69, 9.17) is 4.74 Å². The lowest BCUT2D eigenvalue weighted by atomic mass is 10.0. The van der Waals surface area contributed by atoms with E-state index in [9.17, 15) is 24.0 Å². The van der Waals surface area contributed by atoms with E-state index in [1.54, 1.807) is 42.5 Å². The standard InChI is InChI=1S/C23H22N4O6/c1-33-14-5-2-4-13(10-14)21(30)24-11-20(29)25-17-7-3-6-15-16(17)12-27(23(15)32)18-8-9-19(28)26-22(18)31/h2-7,10,18H,8-9,11-12H2,1H3,(H,24,30)(H,25,29)(H,26,28,31). The molecule has 170 valence electrons. The zero-order valence-electron chi connectivity index (χ0n) is 17.8. The summed E-state index contributed by atoms with van der Waals surface area (Å²) in [7, 11) is 1.49. The first-order chi connectivity index (χ1) is 15.9. The molecule has 3 N–H and O–H groups in total. The van der Waals surface area contributed by atoms with Gasteiger partial charge >= 0.3 is 0 Å². The van der Waals surface area contributed by atoms with Crippen molar-refractivity contribution in [1.29, 1.82) is 0 Å². The summed E-state index contributed by atoms with van der Waals surface area (Å²) >= 11 is 0. The molecule has 4 rings (SSSR count). The molecule has 1 unspecified atom stereocenters. The summed E-state index contributed by atoms with van der Waals surface area (Å²) in [5, 5.41) is 7.53. The summed E-state index contributed by atoms with van der Waals surface area (Å²) < 4.78 is 5.09. The molecular formula is C23H22N4O6. The smallest absolute Gasteiger partial charge is 0.255 e. The highest BCUT2D eigenvalue weighted by molar-refractivity contribution is 6.07. The topological polar surface area (TPSA) is 134 Å². The predicted molar refractivity (Wildman–Crippen MR) is 116 cm³/mol. The Morgan fingerprint density at radius 2 is 1.94 bits per heavy atom. The maximum Gasteiger partial charge on any atom is 0.255 e. The zero-order chi connectivity index (χ0) is 23.5. The Hall–Kier alpha value is -4.21. The van der Waals surface area contributed by atoms with Gasteiger partial charge in [0.25, 0.3) is 11.8 Å². The number of rotatable bonds is 6. The number of nitrogens with zero attached hydrogens (tertiary/aromatic N) is 1. The fourth-order valence-electron chi connectivity index (χ4n) is 3.92. The molecule has 2 aromatic carbocycles. The van der Waals surface area contributed by atoms with Crippen LogP contribution in [0.4, 0.5) is 5.69 Å². The van der Waals surface area contributed by atoms with E-state index in [0.29, 0.717) is 28.1 Å². The molecule has 1 saturated heterocycles.